The molecule has 4 heteroatoms. The van der Waals surface area contributed by atoms with Crippen molar-refractivity contribution in [2.24, 2.45) is 0 Å². The van der Waals surface area contributed by atoms with Gasteiger partial charge in [0.05, 0.1) is 18.0 Å². The van der Waals surface area contributed by atoms with Crippen LogP contribution in [-0.4, -0.2) is 9.55 Å². The first-order valence-electron chi connectivity index (χ1n) is 6.66. The van der Waals surface area contributed by atoms with Crippen molar-refractivity contribution in [1.29, 1.82) is 5.26 Å². The van der Waals surface area contributed by atoms with E-state index in [0.29, 0.717) is 5.56 Å². The number of hydrogen-bond acceptors (Lipinski definition) is 3. The number of imidazole rings is 1. The van der Waals surface area contributed by atoms with Gasteiger partial charge in [0.15, 0.2) is 0 Å². The molecule has 3 rings (SSSR count). The number of benzene rings is 2. The maximum Gasteiger partial charge on any atom is 0.0992 e. The van der Waals surface area contributed by atoms with Crippen LogP contribution in [0.25, 0.3) is 5.69 Å². The highest BCUT2D eigenvalue weighted by atomic mass is 15.0. The zero-order valence-corrected chi connectivity index (χ0v) is 11.4. The molecule has 0 radical (unpaired) electrons. The van der Waals surface area contributed by atoms with E-state index in [0.717, 1.165) is 17.9 Å². The van der Waals surface area contributed by atoms with Crippen molar-refractivity contribution in [1.82, 2.24) is 9.55 Å². The number of nitriles is 1. The van der Waals surface area contributed by atoms with Crippen molar-refractivity contribution >= 4 is 5.69 Å². The predicted octanol–water partition coefficient (Wildman–Crippen LogP) is 3.36. The second-order valence-electron chi connectivity index (χ2n) is 4.68. The van der Waals surface area contributed by atoms with Crippen molar-refractivity contribution in [2.75, 3.05) is 5.32 Å². The lowest BCUT2D eigenvalue weighted by Gasteiger charge is -2.08. The molecule has 1 heterocycles. The number of nitrogens with one attached hydrogen (secondary N) is 1. The van der Waals surface area contributed by atoms with Crippen LogP contribution in [0.2, 0.25) is 0 Å². The lowest BCUT2D eigenvalue weighted by Crippen LogP contribution is -2.00. The Labute approximate surface area is 123 Å². The van der Waals surface area contributed by atoms with Gasteiger partial charge < -0.3 is 9.88 Å². The van der Waals surface area contributed by atoms with E-state index < -0.39 is 0 Å². The van der Waals surface area contributed by atoms with E-state index in [1.807, 2.05) is 29.0 Å². The minimum atomic E-state index is 0.662. The third-order valence-electron chi connectivity index (χ3n) is 3.23. The molecule has 0 aliphatic carbocycles. The lowest BCUT2D eigenvalue weighted by molar-refractivity contribution is 1.05. The summed E-state index contributed by atoms with van der Waals surface area (Å²) in [6.07, 6.45) is 5.46. The van der Waals surface area contributed by atoms with Crippen LogP contribution in [0.3, 0.4) is 0 Å². The highest BCUT2D eigenvalue weighted by Gasteiger charge is 1.98. The first kappa shape index (κ1) is 12.9. The Hall–Kier alpha value is -3.06. The SMILES string of the molecule is N#Cc1cccc(NCc2ccc(-n3ccnc3)cc2)c1. The number of aromatic nitrogens is 2. The van der Waals surface area contributed by atoms with Gasteiger partial charge in [-0.25, -0.2) is 4.98 Å². The van der Waals surface area contributed by atoms with Gasteiger partial charge in [-0.3, -0.25) is 0 Å². The zero-order valence-electron chi connectivity index (χ0n) is 11.4. The van der Waals surface area contributed by atoms with Gasteiger partial charge in [-0.05, 0) is 35.9 Å². The molecule has 1 N–H and O–H groups in total. The summed E-state index contributed by atoms with van der Waals surface area (Å²) in [7, 11) is 0. The maximum atomic E-state index is 8.88. The molecule has 0 saturated heterocycles. The van der Waals surface area contributed by atoms with Crippen molar-refractivity contribution in [3.8, 4) is 11.8 Å². The summed E-state index contributed by atoms with van der Waals surface area (Å²) in [4.78, 5) is 4.04. The highest BCUT2D eigenvalue weighted by molar-refractivity contribution is 5.49. The molecule has 102 valence electrons. The maximum absolute atomic E-state index is 8.88. The summed E-state index contributed by atoms with van der Waals surface area (Å²) in [5, 5.41) is 12.2. The summed E-state index contributed by atoms with van der Waals surface area (Å²) < 4.78 is 1.97. The van der Waals surface area contributed by atoms with Gasteiger partial charge in [0, 0.05) is 30.3 Å². The molecule has 2 aromatic carbocycles. The van der Waals surface area contributed by atoms with Crippen LogP contribution in [0.1, 0.15) is 11.1 Å². The summed E-state index contributed by atoms with van der Waals surface area (Å²) in [6, 6.07) is 17.9. The molecule has 3 aromatic rings. The molecular weight excluding hydrogens is 260 g/mol. The summed E-state index contributed by atoms with van der Waals surface area (Å²) in [6.45, 7) is 0.721. The average molecular weight is 274 g/mol. The van der Waals surface area contributed by atoms with Gasteiger partial charge in [-0.1, -0.05) is 18.2 Å². The Bertz CT molecular complexity index is 752. The third kappa shape index (κ3) is 3.10. The predicted molar refractivity (Wildman–Crippen MR) is 82.0 cm³/mol. The van der Waals surface area contributed by atoms with Crippen LogP contribution < -0.4 is 5.32 Å². The molecule has 0 fully saturated rings. The van der Waals surface area contributed by atoms with Gasteiger partial charge >= 0.3 is 0 Å². The van der Waals surface area contributed by atoms with E-state index >= 15 is 0 Å². The molecule has 0 spiro atoms. The fraction of sp³-hybridized carbons (Fsp3) is 0.0588. The van der Waals surface area contributed by atoms with Crippen LogP contribution in [0.4, 0.5) is 5.69 Å². The topological polar surface area (TPSA) is 53.6 Å². The molecule has 0 saturated carbocycles. The van der Waals surface area contributed by atoms with E-state index in [1.165, 1.54) is 5.56 Å². The molecule has 0 amide bonds. The highest BCUT2D eigenvalue weighted by Crippen LogP contribution is 2.13. The van der Waals surface area contributed by atoms with Gasteiger partial charge in [-0.2, -0.15) is 5.26 Å². The normalized spacial score (nSPS) is 10.0. The van der Waals surface area contributed by atoms with Gasteiger partial charge in [-0.15, -0.1) is 0 Å². The van der Waals surface area contributed by atoms with Crippen LogP contribution in [0, 0.1) is 11.3 Å². The van der Waals surface area contributed by atoms with Crippen LogP contribution in [-0.2, 0) is 6.54 Å². The van der Waals surface area contributed by atoms with Crippen LogP contribution in [0.15, 0.2) is 67.3 Å². The summed E-state index contributed by atoms with van der Waals surface area (Å²) in [5.74, 6) is 0. The molecule has 0 bridgehead atoms. The Balaban J connectivity index is 1.67. The van der Waals surface area contributed by atoms with Crippen molar-refractivity contribution in [3.63, 3.8) is 0 Å². The van der Waals surface area contributed by atoms with E-state index in [-0.39, 0.29) is 0 Å². The number of anilines is 1. The lowest BCUT2D eigenvalue weighted by atomic mass is 10.2. The third-order valence-corrected chi connectivity index (χ3v) is 3.23. The van der Waals surface area contributed by atoms with Crippen molar-refractivity contribution in [3.05, 3.63) is 78.4 Å². The molecule has 0 unspecified atom stereocenters. The largest absolute Gasteiger partial charge is 0.381 e. The second-order valence-corrected chi connectivity index (χ2v) is 4.68. The van der Waals surface area contributed by atoms with E-state index in [9.17, 15) is 0 Å². The van der Waals surface area contributed by atoms with Gasteiger partial charge in [0.2, 0.25) is 0 Å². The zero-order chi connectivity index (χ0) is 14.5. The fourth-order valence-electron chi connectivity index (χ4n) is 2.10. The first-order chi connectivity index (χ1) is 10.3. The number of hydrogen-bond donors (Lipinski definition) is 1. The molecule has 0 atom stereocenters. The quantitative estimate of drug-likeness (QED) is 0.793. The standard InChI is InChI=1S/C17H14N4/c18-11-15-2-1-3-16(10-15)20-12-14-4-6-17(7-5-14)21-9-8-19-13-21/h1-10,13,20H,12H2. The smallest absolute Gasteiger partial charge is 0.0992 e. The van der Waals surface area contributed by atoms with Gasteiger partial charge in [0.25, 0.3) is 0 Å². The summed E-state index contributed by atoms with van der Waals surface area (Å²) in [5.41, 5.74) is 3.88. The molecule has 0 aliphatic rings. The Morgan fingerprint density at radius 2 is 2.00 bits per heavy atom. The number of rotatable bonds is 4. The Morgan fingerprint density at radius 3 is 2.71 bits per heavy atom. The van der Waals surface area contributed by atoms with E-state index in [2.05, 4.69) is 40.6 Å². The van der Waals surface area contributed by atoms with E-state index in [1.54, 1.807) is 18.6 Å². The summed E-state index contributed by atoms with van der Waals surface area (Å²) >= 11 is 0. The molecule has 21 heavy (non-hydrogen) atoms. The minimum absolute atomic E-state index is 0.662. The van der Waals surface area contributed by atoms with Crippen molar-refractivity contribution in [2.45, 2.75) is 6.54 Å². The van der Waals surface area contributed by atoms with Crippen molar-refractivity contribution < 1.29 is 0 Å². The Kier molecular flexibility index (Phi) is 3.66. The Morgan fingerprint density at radius 1 is 1.14 bits per heavy atom. The molecular formula is C17H14N4. The first-order valence-corrected chi connectivity index (χ1v) is 6.66. The minimum Gasteiger partial charge on any atom is -0.381 e. The van der Waals surface area contributed by atoms with E-state index in [4.69, 9.17) is 5.26 Å². The molecule has 1 aromatic heterocycles. The second kappa shape index (κ2) is 5.93. The fourth-order valence-corrected chi connectivity index (χ4v) is 2.10. The monoisotopic (exact) mass is 274 g/mol. The van der Waals surface area contributed by atoms with Crippen LogP contribution in [0.5, 0.6) is 0 Å². The average Bonchev–Trinajstić information content (AvgIpc) is 3.08. The van der Waals surface area contributed by atoms with Gasteiger partial charge in [0.1, 0.15) is 0 Å². The number of nitrogens with zero attached hydrogens (tertiary/aromatic N) is 3. The molecule has 4 nitrogen and oxygen atoms in total. The molecule has 0 aliphatic heterocycles. The van der Waals surface area contributed by atoms with Crippen LogP contribution >= 0.6 is 0 Å².